The molecule has 18 heavy (non-hydrogen) atoms. The first-order valence-electron chi connectivity index (χ1n) is 6.72. The molecule has 1 amide bonds. The number of hydrogen-bond acceptors (Lipinski definition) is 1. The van der Waals surface area contributed by atoms with E-state index in [1.54, 1.807) is 0 Å². The van der Waals surface area contributed by atoms with E-state index in [4.69, 9.17) is 11.6 Å². The summed E-state index contributed by atoms with van der Waals surface area (Å²) in [6, 6.07) is 8.08. The second-order valence-corrected chi connectivity index (χ2v) is 5.13. The quantitative estimate of drug-likeness (QED) is 0.758. The van der Waals surface area contributed by atoms with Gasteiger partial charge in [0.2, 0.25) is 0 Å². The van der Waals surface area contributed by atoms with E-state index in [9.17, 15) is 4.79 Å². The first-order chi connectivity index (χ1) is 8.76. The number of benzene rings is 1. The van der Waals surface area contributed by atoms with Crippen molar-refractivity contribution in [2.24, 2.45) is 0 Å². The minimum absolute atomic E-state index is 0.158. The van der Waals surface area contributed by atoms with Crippen LogP contribution >= 0.6 is 11.6 Å². The van der Waals surface area contributed by atoms with Crippen LogP contribution in [0, 0.1) is 0 Å². The van der Waals surface area contributed by atoms with E-state index in [0.29, 0.717) is 11.9 Å². The lowest BCUT2D eigenvalue weighted by atomic mass is 10.1. The predicted molar refractivity (Wildman–Crippen MR) is 75.0 cm³/mol. The van der Waals surface area contributed by atoms with Gasteiger partial charge in [0.05, 0.1) is 0 Å². The first-order valence-corrected chi connectivity index (χ1v) is 7.25. The second-order valence-electron chi connectivity index (χ2n) is 4.86. The fraction of sp³-hybridized carbons (Fsp3) is 0.533. The number of carbonyl (C=O) groups is 1. The van der Waals surface area contributed by atoms with E-state index in [1.165, 1.54) is 12.8 Å². The molecule has 0 unspecified atom stereocenters. The van der Waals surface area contributed by atoms with Gasteiger partial charge in [-0.3, -0.25) is 4.79 Å². The topological polar surface area (TPSA) is 20.3 Å². The van der Waals surface area contributed by atoms with E-state index in [1.807, 2.05) is 29.2 Å². The summed E-state index contributed by atoms with van der Waals surface area (Å²) in [4.78, 5) is 14.5. The van der Waals surface area contributed by atoms with Gasteiger partial charge in [0, 0.05) is 24.0 Å². The van der Waals surface area contributed by atoms with Crippen molar-refractivity contribution in [2.45, 2.75) is 44.5 Å². The lowest BCUT2D eigenvalue weighted by Gasteiger charge is -2.27. The van der Waals surface area contributed by atoms with Crippen molar-refractivity contribution in [3.63, 3.8) is 0 Å². The molecule has 1 fully saturated rings. The number of rotatable bonds is 4. The van der Waals surface area contributed by atoms with Crippen molar-refractivity contribution in [2.75, 3.05) is 6.54 Å². The Kier molecular flexibility index (Phi) is 4.65. The minimum atomic E-state index is 0.158. The molecule has 1 aromatic rings. The monoisotopic (exact) mass is 265 g/mol. The van der Waals surface area contributed by atoms with Gasteiger partial charge < -0.3 is 4.90 Å². The molecule has 3 heteroatoms. The SMILES string of the molecule is CCN(C(=O)c1ccc(CCl)cc1)C1CCCC1. The fourth-order valence-electron chi connectivity index (χ4n) is 2.69. The molecule has 98 valence electrons. The number of alkyl halides is 1. The summed E-state index contributed by atoms with van der Waals surface area (Å²) in [6.07, 6.45) is 4.80. The molecule has 0 aliphatic heterocycles. The molecular formula is C15H20ClNO. The van der Waals surface area contributed by atoms with Gasteiger partial charge in [0.1, 0.15) is 0 Å². The van der Waals surface area contributed by atoms with E-state index in [2.05, 4.69) is 6.92 Å². The van der Waals surface area contributed by atoms with Gasteiger partial charge in [0.25, 0.3) is 5.91 Å². The van der Waals surface area contributed by atoms with Crippen molar-refractivity contribution in [3.05, 3.63) is 35.4 Å². The molecule has 0 aromatic heterocycles. The van der Waals surface area contributed by atoms with Gasteiger partial charge in [0.15, 0.2) is 0 Å². The lowest BCUT2D eigenvalue weighted by molar-refractivity contribution is 0.0693. The molecule has 0 bridgehead atoms. The molecule has 0 N–H and O–H groups in total. The Labute approximate surface area is 114 Å². The third-order valence-corrected chi connectivity index (χ3v) is 4.03. The van der Waals surface area contributed by atoms with Gasteiger partial charge in [-0.2, -0.15) is 0 Å². The molecule has 0 heterocycles. The summed E-state index contributed by atoms with van der Waals surface area (Å²) in [5, 5.41) is 0. The first kappa shape index (κ1) is 13.4. The molecule has 0 radical (unpaired) electrons. The van der Waals surface area contributed by atoms with Crippen LogP contribution in [-0.4, -0.2) is 23.4 Å². The highest BCUT2D eigenvalue weighted by Gasteiger charge is 2.25. The molecule has 2 rings (SSSR count). The average Bonchev–Trinajstić information content (AvgIpc) is 2.93. The van der Waals surface area contributed by atoms with Crippen molar-refractivity contribution in [3.8, 4) is 0 Å². The van der Waals surface area contributed by atoms with Crippen molar-refractivity contribution in [1.82, 2.24) is 4.90 Å². The Bertz CT molecular complexity index is 395. The Balaban J connectivity index is 2.11. The second kappa shape index (κ2) is 6.24. The van der Waals surface area contributed by atoms with Gasteiger partial charge in [-0.25, -0.2) is 0 Å². The van der Waals surface area contributed by atoms with Crippen LogP contribution in [0.5, 0.6) is 0 Å². The van der Waals surface area contributed by atoms with Crippen LogP contribution in [0.4, 0.5) is 0 Å². The normalized spacial score (nSPS) is 15.9. The summed E-state index contributed by atoms with van der Waals surface area (Å²) in [5.41, 5.74) is 1.83. The summed E-state index contributed by atoms with van der Waals surface area (Å²) < 4.78 is 0. The minimum Gasteiger partial charge on any atom is -0.336 e. The zero-order chi connectivity index (χ0) is 13.0. The van der Waals surface area contributed by atoms with Gasteiger partial charge in [-0.1, -0.05) is 25.0 Å². The molecule has 1 saturated carbocycles. The highest BCUT2D eigenvalue weighted by atomic mass is 35.5. The lowest BCUT2D eigenvalue weighted by Crippen LogP contribution is -2.38. The largest absolute Gasteiger partial charge is 0.336 e. The van der Waals surface area contributed by atoms with Crippen LogP contribution in [0.2, 0.25) is 0 Å². The molecule has 0 spiro atoms. The van der Waals surface area contributed by atoms with E-state index < -0.39 is 0 Å². The summed E-state index contributed by atoms with van der Waals surface area (Å²) in [7, 11) is 0. The van der Waals surface area contributed by atoms with Crippen LogP contribution in [0.25, 0.3) is 0 Å². The van der Waals surface area contributed by atoms with E-state index in [-0.39, 0.29) is 5.91 Å². The fourth-order valence-corrected chi connectivity index (χ4v) is 2.86. The van der Waals surface area contributed by atoms with Crippen LogP contribution < -0.4 is 0 Å². The Morgan fingerprint density at radius 1 is 1.28 bits per heavy atom. The number of amides is 1. The highest BCUT2D eigenvalue weighted by Crippen LogP contribution is 2.24. The molecule has 1 aliphatic rings. The summed E-state index contributed by atoms with van der Waals surface area (Å²) in [5.74, 6) is 0.653. The maximum Gasteiger partial charge on any atom is 0.254 e. The third kappa shape index (κ3) is 2.86. The van der Waals surface area contributed by atoms with Crippen LogP contribution in [-0.2, 0) is 5.88 Å². The van der Waals surface area contributed by atoms with E-state index in [0.717, 1.165) is 30.5 Å². The highest BCUT2D eigenvalue weighted by molar-refractivity contribution is 6.17. The third-order valence-electron chi connectivity index (χ3n) is 3.72. The van der Waals surface area contributed by atoms with Gasteiger partial charge >= 0.3 is 0 Å². The summed E-state index contributed by atoms with van der Waals surface area (Å²) >= 11 is 5.76. The molecule has 2 nitrogen and oxygen atoms in total. The molecule has 1 aromatic carbocycles. The molecule has 0 saturated heterocycles. The zero-order valence-corrected chi connectivity index (χ0v) is 11.6. The maximum absolute atomic E-state index is 12.5. The predicted octanol–water partition coefficient (Wildman–Crippen LogP) is 3.83. The molecule has 1 aliphatic carbocycles. The standard InChI is InChI=1S/C15H20ClNO/c1-2-17(14-5-3-4-6-14)15(18)13-9-7-12(11-16)8-10-13/h7-10,14H,2-6,11H2,1H3. The van der Waals surface area contributed by atoms with Crippen LogP contribution in [0.3, 0.4) is 0 Å². The van der Waals surface area contributed by atoms with E-state index >= 15 is 0 Å². The van der Waals surface area contributed by atoms with Crippen LogP contribution in [0.15, 0.2) is 24.3 Å². The van der Waals surface area contributed by atoms with Crippen LogP contribution in [0.1, 0.15) is 48.5 Å². The van der Waals surface area contributed by atoms with Gasteiger partial charge in [-0.05, 0) is 37.5 Å². The summed E-state index contributed by atoms with van der Waals surface area (Å²) in [6.45, 7) is 2.85. The average molecular weight is 266 g/mol. The molecular weight excluding hydrogens is 246 g/mol. The van der Waals surface area contributed by atoms with Gasteiger partial charge in [-0.15, -0.1) is 11.6 Å². The number of halogens is 1. The molecule has 0 atom stereocenters. The maximum atomic E-state index is 12.5. The number of carbonyl (C=O) groups excluding carboxylic acids is 1. The smallest absolute Gasteiger partial charge is 0.254 e. The Morgan fingerprint density at radius 2 is 1.89 bits per heavy atom. The van der Waals surface area contributed by atoms with Crippen molar-refractivity contribution >= 4 is 17.5 Å². The number of hydrogen-bond donors (Lipinski definition) is 0. The number of nitrogens with zero attached hydrogens (tertiary/aromatic N) is 1. The van der Waals surface area contributed by atoms with Crippen molar-refractivity contribution < 1.29 is 4.79 Å². The Morgan fingerprint density at radius 3 is 2.39 bits per heavy atom. The Hall–Kier alpha value is -1.02. The zero-order valence-electron chi connectivity index (χ0n) is 10.9. The van der Waals surface area contributed by atoms with Crippen molar-refractivity contribution in [1.29, 1.82) is 0 Å².